The van der Waals surface area contributed by atoms with Crippen LogP contribution in [0.3, 0.4) is 0 Å². The van der Waals surface area contributed by atoms with Gasteiger partial charge in [-0.1, -0.05) is 32.0 Å². The average Bonchev–Trinajstić information content (AvgIpc) is 2.66. The average molecular weight is 354 g/mol. The minimum Gasteiger partial charge on any atom is -0.470 e. The summed E-state index contributed by atoms with van der Waals surface area (Å²) in [5, 5.41) is 11.3. The first-order chi connectivity index (χ1) is 12.5. The quantitative estimate of drug-likeness (QED) is 0.580. The number of nitro groups is 1. The molecule has 0 saturated carbocycles. The summed E-state index contributed by atoms with van der Waals surface area (Å²) in [5.41, 5.74) is 2.54. The number of benzene rings is 2. The smallest absolute Gasteiger partial charge is 0.270 e. The van der Waals surface area contributed by atoms with Crippen LogP contribution < -0.4 is 9.64 Å². The van der Waals surface area contributed by atoms with E-state index >= 15 is 0 Å². The number of fused-ring (bicyclic) bond motifs is 5. The summed E-state index contributed by atoms with van der Waals surface area (Å²) >= 11 is 0. The number of hydrogen-bond donors (Lipinski definition) is 0. The van der Waals surface area contributed by atoms with Gasteiger partial charge in [0, 0.05) is 23.4 Å². The number of non-ortho nitro benzene ring substituents is 1. The van der Waals surface area contributed by atoms with Crippen molar-refractivity contribution in [1.29, 1.82) is 0 Å². The Bertz CT molecular complexity index is 863. The van der Waals surface area contributed by atoms with Gasteiger partial charge in [-0.15, -0.1) is 0 Å². The summed E-state index contributed by atoms with van der Waals surface area (Å²) in [6.45, 7) is 6.21. The van der Waals surface area contributed by atoms with Gasteiger partial charge < -0.3 is 14.4 Å². The molecule has 0 unspecified atom stereocenters. The number of anilines is 1. The molecular formula is C20H22N2O4. The third-order valence-corrected chi connectivity index (χ3v) is 5.56. The summed E-state index contributed by atoms with van der Waals surface area (Å²) in [7, 11) is 0. The molecule has 2 aromatic rings. The molecule has 4 rings (SSSR count). The first-order valence-electron chi connectivity index (χ1n) is 9.01. The summed E-state index contributed by atoms with van der Waals surface area (Å²) in [6.07, 6.45) is 1.000. The van der Waals surface area contributed by atoms with Gasteiger partial charge in [-0.2, -0.15) is 0 Å². The summed E-state index contributed by atoms with van der Waals surface area (Å²) < 4.78 is 12.7. The second kappa shape index (κ2) is 5.99. The van der Waals surface area contributed by atoms with Crippen LogP contribution in [0.2, 0.25) is 0 Å². The largest absolute Gasteiger partial charge is 0.470 e. The fraction of sp³-hybridized carbons (Fsp3) is 0.400. The molecule has 0 spiro atoms. The lowest BCUT2D eigenvalue weighted by Gasteiger charge is -2.52. The van der Waals surface area contributed by atoms with Crippen LogP contribution >= 0.6 is 0 Å². The van der Waals surface area contributed by atoms with E-state index in [4.69, 9.17) is 9.47 Å². The van der Waals surface area contributed by atoms with Gasteiger partial charge in [0.05, 0.1) is 16.1 Å². The van der Waals surface area contributed by atoms with E-state index in [1.165, 1.54) is 6.07 Å². The fourth-order valence-corrected chi connectivity index (χ4v) is 4.13. The van der Waals surface area contributed by atoms with Crippen LogP contribution in [-0.2, 0) is 10.3 Å². The van der Waals surface area contributed by atoms with Crippen LogP contribution in [0.25, 0.3) is 0 Å². The monoisotopic (exact) mass is 354 g/mol. The molecule has 0 amide bonds. The van der Waals surface area contributed by atoms with Gasteiger partial charge in [0.25, 0.3) is 5.69 Å². The molecular weight excluding hydrogens is 332 g/mol. The fourth-order valence-electron chi connectivity index (χ4n) is 4.13. The van der Waals surface area contributed by atoms with E-state index in [1.54, 1.807) is 12.1 Å². The predicted octanol–water partition coefficient (Wildman–Crippen LogP) is 4.88. The van der Waals surface area contributed by atoms with E-state index in [1.807, 2.05) is 19.1 Å². The van der Waals surface area contributed by atoms with Gasteiger partial charge >= 0.3 is 0 Å². The van der Waals surface area contributed by atoms with E-state index in [9.17, 15) is 10.1 Å². The Labute approximate surface area is 152 Å². The molecule has 2 aliphatic heterocycles. The highest BCUT2D eigenvalue weighted by Crippen LogP contribution is 2.53. The standard InChI is InChI=1S/C20H22N2O4/c1-4-20(5-2)16-8-6-7-9-17(16)21-13(3)25-18-11-10-14(22(23)24)12-15(18)19(21)26-20/h6-13,19H,4-5H2,1-3H3/t13-,19+/m0/s1. The molecule has 2 atom stereocenters. The van der Waals surface area contributed by atoms with E-state index in [0.29, 0.717) is 11.3 Å². The maximum Gasteiger partial charge on any atom is 0.270 e. The molecule has 2 heterocycles. The maximum atomic E-state index is 11.3. The zero-order chi connectivity index (χ0) is 18.5. The third kappa shape index (κ3) is 2.29. The molecule has 0 aromatic heterocycles. The highest BCUT2D eigenvalue weighted by molar-refractivity contribution is 5.62. The van der Waals surface area contributed by atoms with Crippen molar-refractivity contribution in [2.24, 2.45) is 0 Å². The lowest BCUT2D eigenvalue weighted by Crippen LogP contribution is -2.52. The van der Waals surface area contributed by atoms with Crippen LogP contribution in [0, 0.1) is 10.1 Å². The van der Waals surface area contributed by atoms with Gasteiger partial charge in [-0.25, -0.2) is 0 Å². The number of nitrogens with zero attached hydrogens (tertiary/aromatic N) is 2. The zero-order valence-corrected chi connectivity index (χ0v) is 15.1. The van der Waals surface area contributed by atoms with Crippen LogP contribution in [0.5, 0.6) is 5.75 Å². The van der Waals surface area contributed by atoms with Gasteiger partial charge in [0.1, 0.15) is 5.75 Å². The molecule has 0 saturated heterocycles. The van der Waals surface area contributed by atoms with Gasteiger partial charge in [0.15, 0.2) is 12.5 Å². The normalized spacial score (nSPS) is 22.7. The van der Waals surface area contributed by atoms with Crippen molar-refractivity contribution in [3.05, 3.63) is 63.7 Å². The number of ether oxygens (including phenoxy) is 2. The number of rotatable bonds is 3. The minimum atomic E-state index is -0.420. The number of nitro benzene ring substituents is 1. The summed E-state index contributed by atoms with van der Waals surface area (Å²) in [4.78, 5) is 13.0. The highest BCUT2D eigenvalue weighted by atomic mass is 16.6. The summed E-state index contributed by atoms with van der Waals surface area (Å²) in [5.74, 6) is 0.643. The number of hydrogen-bond acceptors (Lipinski definition) is 5. The molecule has 2 aromatic carbocycles. The van der Waals surface area contributed by atoms with Crippen molar-refractivity contribution in [3.63, 3.8) is 0 Å². The van der Waals surface area contributed by atoms with Crippen LogP contribution in [-0.4, -0.2) is 11.2 Å². The lowest BCUT2D eigenvalue weighted by molar-refractivity contribution is -0.385. The van der Waals surface area contributed by atoms with Crippen molar-refractivity contribution in [2.45, 2.75) is 51.7 Å². The van der Waals surface area contributed by atoms with Crippen molar-refractivity contribution in [3.8, 4) is 5.75 Å². The Morgan fingerprint density at radius 2 is 1.92 bits per heavy atom. The highest BCUT2D eigenvalue weighted by Gasteiger charge is 2.47. The molecule has 6 heteroatoms. The Hall–Kier alpha value is -2.60. The first kappa shape index (κ1) is 16.8. The zero-order valence-electron chi connectivity index (χ0n) is 15.1. The van der Waals surface area contributed by atoms with Gasteiger partial charge in [0.2, 0.25) is 0 Å². The SMILES string of the molecule is CCC1(CC)O[C@@H]2c3cc([N+](=O)[O-])ccc3O[C@@H](C)N2c2ccccc21. The molecule has 6 nitrogen and oxygen atoms in total. The molecule has 2 aliphatic rings. The molecule has 0 N–H and O–H groups in total. The second-order valence-corrected chi connectivity index (χ2v) is 6.79. The molecule has 136 valence electrons. The first-order valence-corrected chi connectivity index (χ1v) is 9.01. The summed E-state index contributed by atoms with van der Waals surface area (Å²) in [6, 6.07) is 12.9. The minimum absolute atomic E-state index is 0.0444. The Morgan fingerprint density at radius 1 is 1.19 bits per heavy atom. The van der Waals surface area contributed by atoms with E-state index in [0.717, 1.165) is 24.1 Å². The van der Waals surface area contributed by atoms with Crippen molar-refractivity contribution in [1.82, 2.24) is 0 Å². The van der Waals surface area contributed by atoms with Gasteiger partial charge in [-0.3, -0.25) is 10.1 Å². The topological polar surface area (TPSA) is 64.8 Å². The molecule has 0 radical (unpaired) electrons. The van der Waals surface area contributed by atoms with Gasteiger partial charge in [-0.05, 0) is 31.9 Å². The van der Waals surface area contributed by atoms with Crippen molar-refractivity contribution in [2.75, 3.05) is 4.90 Å². The predicted molar refractivity (Wildman–Crippen MR) is 98.2 cm³/mol. The lowest BCUT2D eigenvalue weighted by atomic mass is 9.84. The van der Waals surface area contributed by atoms with Crippen LogP contribution in [0.4, 0.5) is 11.4 Å². The molecule has 0 aliphatic carbocycles. The Balaban J connectivity index is 1.93. The van der Waals surface area contributed by atoms with E-state index < -0.39 is 11.8 Å². The van der Waals surface area contributed by atoms with Crippen molar-refractivity contribution >= 4 is 11.4 Å². The van der Waals surface area contributed by atoms with Crippen molar-refractivity contribution < 1.29 is 14.4 Å². The Morgan fingerprint density at radius 3 is 2.62 bits per heavy atom. The second-order valence-electron chi connectivity index (χ2n) is 6.79. The van der Waals surface area contributed by atoms with E-state index in [2.05, 4.69) is 30.9 Å². The maximum absolute atomic E-state index is 11.3. The number of para-hydroxylation sites is 1. The molecule has 0 bridgehead atoms. The molecule has 26 heavy (non-hydrogen) atoms. The van der Waals surface area contributed by atoms with E-state index in [-0.39, 0.29) is 16.8 Å². The molecule has 0 fully saturated rings. The Kier molecular flexibility index (Phi) is 3.88. The van der Waals surface area contributed by atoms with Crippen LogP contribution in [0.15, 0.2) is 42.5 Å². The third-order valence-electron chi connectivity index (χ3n) is 5.56. The van der Waals surface area contributed by atoms with Crippen LogP contribution in [0.1, 0.15) is 51.0 Å².